The lowest BCUT2D eigenvalue weighted by molar-refractivity contribution is 0.174. The molecule has 31 heavy (non-hydrogen) atoms. The van der Waals surface area contributed by atoms with E-state index in [9.17, 15) is 4.39 Å². The molecule has 164 valence electrons. The molecule has 0 aliphatic carbocycles. The molecule has 0 saturated heterocycles. The lowest BCUT2D eigenvalue weighted by Crippen LogP contribution is -2.15. The van der Waals surface area contributed by atoms with E-state index in [1.165, 1.54) is 0 Å². The summed E-state index contributed by atoms with van der Waals surface area (Å²) in [5, 5.41) is 0. The van der Waals surface area contributed by atoms with Gasteiger partial charge in [0.05, 0.1) is 6.61 Å². The van der Waals surface area contributed by atoms with Gasteiger partial charge in [-0.3, -0.25) is 0 Å². The molecule has 3 aromatic rings. The minimum atomic E-state index is -0.951. The van der Waals surface area contributed by atoms with Gasteiger partial charge in [0.15, 0.2) is 5.82 Å². The lowest BCUT2D eigenvalue weighted by Gasteiger charge is -2.12. The van der Waals surface area contributed by atoms with Crippen LogP contribution in [0.1, 0.15) is 40.0 Å². The molecule has 1 atom stereocenters. The van der Waals surface area contributed by atoms with Crippen molar-refractivity contribution in [3.8, 4) is 34.0 Å². The zero-order valence-corrected chi connectivity index (χ0v) is 18.6. The van der Waals surface area contributed by atoms with Crippen molar-refractivity contribution in [3.63, 3.8) is 0 Å². The van der Waals surface area contributed by atoms with E-state index in [-0.39, 0.29) is 6.61 Å². The Morgan fingerprint density at radius 1 is 0.806 bits per heavy atom. The quantitative estimate of drug-likeness (QED) is 0.321. The second kappa shape index (κ2) is 11.4. The molecule has 4 nitrogen and oxygen atoms in total. The summed E-state index contributed by atoms with van der Waals surface area (Å²) in [5.74, 6) is 2.48. The van der Waals surface area contributed by atoms with Gasteiger partial charge < -0.3 is 9.47 Å². The number of ether oxygens (including phenoxy) is 2. The fraction of sp³-hybridized carbons (Fsp3) is 0.385. The van der Waals surface area contributed by atoms with E-state index in [4.69, 9.17) is 9.47 Å². The summed E-state index contributed by atoms with van der Waals surface area (Å²) in [5.41, 5.74) is 2.88. The van der Waals surface area contributed by atoms with Gasteiger partial charge in [-0.15, -0.1) is 0 Å². The highest BCUT2D eigenvalue weighted by atomic mass is 19.1. The normalized spacial score (nSPS) is 12.0. The molecule has 0 N–H and O–H groups in total. The first kappa shape index (κ1) is 22.7. The molecule has 0 amide bonds. The molecule has 5 heteroatoms. The van der Waals surface area contributed by atoms with Crippen LogP contribution in [0.5, 0.6) is 11.5 Å². The average Bonchev–Trinajstić information content (AvgIpc) is 2.78. The Kier molecular flexibility index (Phi) is 8.39. The smallest absolute Gasteiger partial charge is 0.159 e. The zero-order valence-electron chi connectivity index (χ0n) is 18.6. The van der Waals surface area contributed by atoms with Gasteiger partial charge in [-0.1, -0.05) is 39.3 Å². The van der Waals surface area contributed by atoms with E-state index in [0.29, 0.717) is 23.9 Å². The van der Waals surface area contributed by atoms with E-state index in [0.717, 1.165) is 41.9 Å². The van der Waals surface area contributed by atoms with Gasteiger partial charge in [-0.25, -0.2) is 14.4 Å². The van der Waals surface area contributed by atoms with Crippen LogP contribution in [0, 0.1) is 5.92 Å². The predicted molar refractivity (Wildman–Crippen MR) is 123 cm³/mol. The van der Waals surface area contributed by atoms with Crippen LogP contribution in [-0.4, -0.2) is 29.4 Å². The van der Waals surface area contributed by atoms with Crippen molar-refractivity contribution in [2.75, 3.05) is 13.2 Å². The number of alkyl halides is 1. The number of halogens is 1. The standard InChI is InChI=1S/C26H31FN2O2/c1-4-5-14-30-24-10-6-20(7-11-24)22-16-28-26(29-17-22)21-8-12-25(13-9-21)31-18-23(27)15-19(2)3/h6-13,16-17,19,23H,4-5,14-15,18H2,1-3H3. The van der Waals surface area contributed by atoms with Crippen molar-refractivity contribution in [3.05, 3.63) is 60.9 Å². The monoisotopic (exact) mass is 422 g/mol. The SMILES string of the molecule is CCCCOc1ccc(-c2cnc(-c3ccc(OCC(F)CC(C)C)cc3)nc2)cc1. The first-order valence-corrected chi connectivity index (χ1v) is 11.0. The van der Waals surface area contributed by atoms with E-state index in [2.05, 4.69) is 16.9 Å². The van der Waals surface area contributed by atoms with E-state index >= 15 is 0 Å². The summed E-state index contributed by atoms with van der Waals surface area (Å²) < 4.78 is 25.1. The van der Waals surface area contributed by atoms with Crippen LogP contribution in [0.15, 0.2) is 60.9 Å². The third-order valence-electron chi connectivity index (χ3n) is 4.88. The van der Waals surface area contributed by atoms with Crippen molar-refractivity contribution in [2.45, 2.75) is 46.2 Å². The molecule has 0 fully saturated rings. The van der Waals surface area contributed by atoms with Gasteiger partial charge >= 0.3 is 0 Å². The molecule has 1 heterocycles. The van der Waals surface area contributed by atoms with Gasteiger partial charge in [0, 0.05) is 23.5 Å². The van der Waals surface area contributed by atoms with Crippen molar-refractivity contribution in [1.29, 1.82) is 0 Å². The maximum absolute atomic E-state index is 13.8. The first-order valence-electron chi connectivity index (χ1n) is 11.0. The Labute approximate surface area is 184 Å². The summed E-state index contributed by atoms with van der Waals surface area (Å²) in [7, 11) is 0. The molecule has 3 rings (SSSR count). The van der Waals surface area contributed by atoms with E-state index in [1.807, 2.05) is 74.8 Å². The maximum atomic E-state index is 13.8. The second-order valence-electron chi connectivity index (χ2n) is 8.08. The van der Waals surface area contributed by atoms with Gasteiger partial charge in [-0.2, -0.15) is 0 Å². The number of rotatable bonds is 11. The van der Waals surface area contributed by atoms with Crippen LogP contribution in [0.3, 0.4) is 0 Å². The summed E-state index contributed by atoms with van der Waals surface area (Å²) in [6.07, 6.45) is 5.37. The first-order chi connectivity index (χ1) is 15.0. The topological polar surface area (TPSA) is 44.2 Å². The predicted octanol–water partition coefficient (Wildman–Crippen LogP) is 6.75. The van der Waals surface area contributed by atoms with Crippen LogP contribution in [0.25, 0.3) is 22.5 Å². The number of unbranched alkanes of at least 4 members (excludes halogenated alkanes) is 1. The Bertz CT molecular complexity index is 910. The van der Waals surface area contributed by atoms with E-state index in [1.54, 1.807) is 0 Å². The molecule has 0 aliphatic heterocycles. The van der Waals surface area contributed by atoms with Crippen molar-refractivity contribution in [2.24, 2.45) is 5.92 Å². The van der Waals surface area contributed by atoms with Crippen LogP contribution < -0.4 is 9.47 Å². The Hall–Kier alpha value is -2.95. The van der Waals surface area contributed by atoms with Crippen LogP contribution >= 0.6 is 0 Å². The fourth-order valence-corrected chi connectivity index (χ4v) is 3.17. The molecule has 1 unspecified atom stereocenters. The summed E-state index contributed by atoms with van der Waals surface area (Å²) in [4.78, 5) is 9.00. The third kappa shape index (κ3) is 7.06. The molecule has 1 aromatic heterocycles. The molecule has 0 radical (unpaired) electrons. The highest BCUT2D eigenvalue weighted by Gasteiger charge is 2.10. The van der Waals surface area contributed by atoms with Gasteiger partial charge in [0.25, 0.3) is 0 Å². The number of hydrogen-bond donors (Lipinski definition) is 0. The van der Waals surface area contributed by atoms with E-state index < -0.39 is 6.17 Å². The van der Waals surface area contributed by atoms with Crippen LogP contribution in [0.4, 0.5) is 4.39 Å². The molecule has 0 saturated carbocycles. The summed E-state index contributed by atoms with van der Waals surface area (Å²) in [6, 6.07) is 15.4. The van der Waals surface area contributed by atoms with Crippen LogP contribution in [-0.2, 0) is 0 Å². The molecular formula is C26H31FN2O2. The van der Waals surface area contributed by atoms with Crippen molar-refractivity contribution in [1.82, 2.24) is 9.97 Å². The molecular weight excluding hydrogens is 391 g/mol. The fourth-order valence-electron chi connectivity index (χ4n) is 3.17. The Balaban J connectivity index is 1.58. The van der Waals surface area contributed by atoms with Crippen molar-refractivity contribution >= 4 is 0 Å². The van der Waals surface area contributed by atoms with Crippen LogP contribution in [0.2, 0.25) is 0 Å². The highest BCUT2D eigenvalue weighted by molar-refractivity contribution is 5.64. The van der Waals surface area contributed by atoms with Gasteiger partial charge in [0.1, 0.15) is 24.3 Å². The second-order valence-corrected chi connectivity index (χ2v) is 8.08. The number of aromatic nitrogens is 2. The zero-order chi connectivity index (χ0) is 22.1. The minimum absolute atomic E-state index is 0.0746. The number of benzene rings is 2. The summed E-state index contributed by atoms with van der Waals surface area (Å²) in [6.45, 7) is 6.97. The van der Waals surface area contributed by atoms with Crippen molar-refractivity contribution < 1.29 is 13.9 Å². The Morgan fingerprint density at radius 2 is 1.39 bits per heavy atom. The van der Waals surface area contributed by atoms with Gasteiger partial charge in [0.2, 0.25) is 0 Å². The van der Waals surface area contributed by atoms with Gasteiger partial charge in [-0.05, 0) is 60.7 Å². The lowest BCUT2D eigenvalue weighted by atomic mass is 10.1. The Morgan fingerprint density at radius 3 is 1.97 bits per heavy atom. The third-order valence-corrected chi connectivity index (χ3v) is 4.88. The minimum Gasteiger partial charge on any atom is -0.494 e. The molecule has 0 spiro atoms. The maximum Gasteiger partial charge on any atom is 0.159 e. The molecule has 0 aliphatic rings. The molecule has 0 bridgehead atoms. The highest BCUT2D eigenvalue weighted by Crippen LogP contribution is 2.24. The number of hydrogen-bond acceptors (Lipinski definition) is 4. The largest absolute Gasteiger partial charge is 0.494 e. The number of nitrogens with zero attached hydrogens (tertiary/aromatic N) is 2. The molecule has 2 aromatic carbocycles. The summed E-state index contributed by atoms with van der Waals surface area (Å²) >= 11 is 0. The average molecular weight is 423 g/mol.